The minimum atomic E-state index is -0.740. The predicted octanol–water partition coefficient (Wildman–Crippen LogP) is 1.10. The summed E-state index contributed by atoms with van der Waals surface area (Å²) in [5.74, 6) is -0.431. The molecular weight excluding hydrogens is 164 g/mol. The van der Waals surface area contributed by atoms with Gasteiger partial charge in [-0.2, -0.15) is 0 Å². The van der Waals surface area contributed by atoms with Crippen LogP contribution in [0.1, 0.15) is 0 Å². The summed E-state index contributed by atoms with van der Waals surface area (Å²) in [5.41, 5.74) is 1.44. The summed E-state index contributed by atoms with van der Waals surface area (Å²) in [5, 5.41) is 27.6. The van der Waals surface area contributed by atoms with E-state index >= 15 is 0 Å². The van der Waals surface area contributed by atoms with Gasteiger partial charge >= 0.3 is 5.69 Å². The van der Waals surface area contributed by atoms with Crippen molar-refractivity contribution in [1.29, 1.82) is 0 Å². The minimum Gasteiger partial charge on any atom is -0.502 e. The van der Waals surface area contributed by atoms with Crippen LogP contribution in [0.4, 0.5) is 11.4 Å². The largest absolute Gasteiger partial charge is 0.502 e. The Morgan fingerprint density at radius 2 is 2.17 bits per heavy atom. The molecule has 0 aliphatic heterocycles. The first-order valence-corrected chi connectivity index (χ1v) is 3.02. The Labute approximate surface area is 67.2 Å². The molecule has 3 N–H and O–H groups in total. The van der Waals surface area contributed by atoms with Crippen molar-refractivity contribution in [3.63, 3.8) is 0 Å². The Balaban J connectivity index is 3.17. The molecule has 0 heterocycles. The van der Waals surface area contributed by atoms with Gasteiger partial charge in [0, 0.05) is 6.07 Å². The maximum absolute atomic E-state index is 10.2. The smallest absolute Gasteiger partial charge is 0.312 e. The standard InChI is InChI=1S/C6H6N2O4/c9-6-2-1-4(7-10)3-5(6)8(11)12/h1-3,7,9-10H. The van der Waals surface area contributed by atoms with Gasteiger partial charge in [0.2, 0.25) is 0 Å². The molecule has 6 nitrogen and oxygen atoms in total. The van der Waals surface area contributed by atoms with Crippen LogP contribution in [-0.4, -0.2) is 15.2 Å². The number of phenolic OH excluding ortho intramolecular Hbond substituents is 1. The number of hydrogen-bond donors (Lipinski definition) is 3. The molecule has 0 unspecified atom stereocenters. The second-order valence-corrected chi connectivity index (χ2v) is 2.07. The van der Waals surface area contributed by atoms with Crippen LogP contribution in [0, 0.1) is 10.1 Å². The van der Waals surface area contributed by atoms with Crippen LogP contribution in [0.15, 0.2) is 18.2 Å². The number of hydrogen-bond acceptors (Lipinski definition) is 5. The van der Waals surface area contributed by atoms with Crippen molar-refractivity contribution >= 4 is 11.4 Å². The Morgan fingerprint density at radius 3 is 2.67 bits per heavy atom. The highest BCUT2D eigenvalue weighted by Crippen LogP contribution is 2.27. The Morgan fingerprint density at radius 1 is 1.50 bits per heavy atom. The first-order chi connectivity index (χ1) is 5.65. The van der Waals surface area contributed by atoms with Crippen LogP contribution in [0.3, 0.4) is 0 Å². The molecule has 0 amide bonds. The summed E-state index contributed by atoms with van der Waals surface area (Å²) in [4.78, 5) is 9.49. The molecule has 0 saturated carbocycles. The lowest BCUT2D eigenvalue weighted by atomic mass is 10.2. The van der Waals surface area contributed by atoms with E-state index in [4.69, 9.17) is 10.3 Å². The van der Waals surface area contributed by atoms with Crippen molar-refractivity contribution in [1.82, 2.24) is 0 Å². The number of nitro benzene ring substituents is 1. The highest BCUT2D eigenvalue weighted by atomic mass is 16.6. The van der Waals surface area contributed by atoms with E-state index in [0.717, 1.165) is 12.1 Å². The SMILES string of the molecule is O=[N+]([O-])c1cc(NO)ccc1O. The molecule has 0 atom stereocenters. The van der Waals surface area contributed by atoms with Gasteiger partial charge in [-0.05, 0) is 12.1 Å². The van der Waals surface area contributed by atoms with Crippen molar-refractivity contribution in [3.05, 3.63) is 28.3 Å². The quantitative estimate of drug-likeness (QED) is 0.351. The molecule has 64 valence electrons. The van der Waals surface area contributed by atoms with Crippen LogP contribution < -0.4 is 5.48 Å². The van der Waals surface area contributed by atoms with E-state index in [2.05, 4.69) is 0 Å². The van der Waals surface area contributed by atoms with Crippen molar-refractivity contribution in [2.45, 2.75) is 0 Å². The highest BCUT2D eigenvalue weighted by molar-refractivity contribution is 5.56. The summed E-state index contributed by atoms with van der Waals surface area (Å²) < 4.78 is 0. The number of nitrogens with one attached hydrogen (secondary N) is 1. The zero-order valence-corrected chi connectivity index (χ0v) is 5.89. The van der Waals surface area contributed by atoms with Crippen LogP contribution in [0.2, 0.25) is 0 Å². The number of phenols is 1. The molecule has 0 aliphatic rings. The lowest BCUT2D eigenvalue weighted by Gasteiger charge is -1.98. The molecule has 12 heavy (non-hydrogen) atoms. The van der Waals surface area contributed by atoms with Gasteiger partial charge < -0.3 is 5.11 Å². The highest BCUT2D eigenvalue weighted by Gasteiger charge is 2.12. The Hall–Kier alpha value is -1.82. The third-order valence-corrected chi connectivity index (χ3v) is 1.30. The number of aromatic hydroxyl groups is 1. The molecule has 0 spiro atoms. The maximum Gasteiger partial charge on any atom is 0.312 e. The van der Waals surface area contributed by atoms with Crippen molar-refractivity contribution in [3.8, 4) is 5.75 Å². The summed E-state index contributed by atoms with van der Waals surface area (Å²) in [6.45, 7) is 0. The first kappa shape index (κ1) is 8.28. The third kappa shape index (κ3) is 1.43. The minimum absolute atomic E-state index is 0.152. The number of rotatable bonds is 2. The number of nitrogens with zero attached hydrogens (tertiary/aromatic N) is 1. The van der Waals surface area contributed by atoms with Crippen molar-refractivity contribution in [2.24, 2.45) is 0 Å². The van der Waals surface area contributed by atoms with Gasteiger partial charge in [0.25, 0.3) is 0 Å². The fourth-order valence-electron chi connectivity index (χ4n) is 0.739. The molecule has 1 aromatic rings. The van der Waals surface area contributed by atoms with E-state index < -0.39 is 16.4 Å². The van der Waals surface area contributed by atoms with Crippen LogP contribution in [-0.2, 0) is 0 Å². The Kier molecular flexibility index (Phi) is 2.11. The molecule has 1 rings (SSSR count). The lowest BCUT2D eigenvalue weighted by molar-refractivity contribution is -0.385. The average molecular weight is 170 g/mol. The fraction of sp³-hybridized carbons (Fsp3) is 0. The van der Waals surface area contributed by atoms with E-state index in [1.165, 1.54) is 6.07 Å². The monoisotopic (exact) mass is 170 g/mol. The number of nitro groups is 1. The lowest BCUT2D eigenvalue weighted by Crippen LogP contribution is -1.92. The summed E-state index contributed by atoms with van der Waals surface area (Å²) in [6.07, 6.45) is 0. The average Bonchev–Trinajstić information content (AvgIpc) is 2.05. The summed E-state index contributed by atoms with van der Waals surface area (Å²) in [7, 11) is 0. The van der Waals surface area contributed by atoms with Crippen molar-refractivity contribution < 1.29 is 15.2 Å². The molecule has 0 aliphatic carbocycles. The second-order valence-electron chi connectivity index (χ2n) is 2.07. The molecule has 0 radical (unpaired) electrons. The van der Waals surface area contributed by atoms with E-state index in [0.29, 0.717) is 0 Å². The zero-order chi connectivity index (χ0) is 9.14. The van der Waals surface area contributed by atoms with Gasteiger partial charge in [0.05, 0.1) is 10.6 Å². The molecule has 0 fully saturated rings. The molecule has 1 aromatic carbocycles. The molecular formula is C6H6N2O4. The third-order valence-electron chi connectivity index (χ3n) is 1.30. The van der Waals surface area contributed by atoms with Gasteiger partial charge in [-0.3, -0.25) is 20.8 Å². The van der Waals surface area contributed by atoms with Crippen LogP contribution in [0.25, 0.3) is 0 Å². The van der Waals surface area contributed by atoms with Crippen LogP contribution >= 0.6 is 0 Å². The Bertz CT molecular complexity index is 312. The molecule has 0 saturated heterocycles. The summed E-state index contributed by atoms with van der Waals surface area (Å²) >= 11 is 0. The predicted molar refractivity (Wildman–Crippen MR) is 40.2 cm³/mol. The van der Waals surface area contributed by atoms with E-state index in [-0.39, 0.29) is 5.69 Å². The van der Waals surface area contributed by atoms with Crippen LogP contribution in [0.5, 0.6) is 5.75 Å². The van der Waals surface area contributed by atoms with E-state index in [9.17, 15) is 10.1 Å². The number of benzene rings is 1. The second kappa shape index (κ2) is 3.05. The molecule has 6 heteroatoms. The van der Waals surface area contributed by atoms with Gasteiger partial charge in [0.1, 0.15) is 0 Å². The first-order valence-electron chi connectivity index (χ1n) is 3.02. The van der Waals surface area contributed by atoms with E-state index in [1.807, 2.05) is 0 Å². The van der Waals surface area contributed by atoms with E-state index in [1.54, 1.807) is 5.48 Å². The van der Waals surface area contributed by atoms with Gasteiger partial charge in [-0.25, -0.2) is 0 Å². The zero-order valence-electron chi connectivity index (χ0n) is 5.89. The molecule has 0 bridgehead atoms. The normalized spacial score (nSPS) is 9.42. The molecule has 0 aromatic heterocycles. The fourth-order valence-corrected chi connectivity index (χ4v) is 0.739. The van der Waals surface area contributed by atoms with Gasteiger partial charge in [0.15, 0.2) is 5.75 Å². The summed E-state index contributed by atoms with van der Waals surface area (Å²) in [6, 6.07) is 3.45. The number of anilines is 1. The topological polar surface area (TPSA) is 95.6 Å². The maximum atomic E-state index is 10.2. The van der Waals surface area contributed by atoms with Crippen molar-refractivity contribution in [2.75, 3.05) is 5.48 Å². The van der Waals surface area contributed by atoms with Gasteiger partial charge in [-0.1, -0.05) is 0 Å². The van der Waals surface area contributed by atoms with Gasteiger partial charge in [-0.15, -0.1) is 0 Å².